The Morgan fingerprint density at radius 1 is 0.800 bits per heavy atom. The van der Waals surface area contributed by atoms with Crippen LogP contribution in [0.3, 0.4) is 0 Å². The molecule has 0 bridgehead atoms. The van der Waals surface area contributed by atoms with Crippen molar-refractivity contribution in [2.75, 3.05) is 0 Å². The predicted molar refractivity (Wildman–Crippen MR) is 60.4 cm³/mol. The third-order valence-electron chi connectivity index (χ3n) is 4.58. The maximum Gasteiger partial charge on any atom is 0.0830 e. The minimum absolute atomic E-state index is 0.340. The largest absolute Gasteiger partial charge is 0.390 e. The Morgan fingerprint density at radius 3 is 1.87 bits per heavy atom. The number of rotatable bonds is 3. The van der Waals surface area contributed by atoms with Crippen LogP contribution in [0.15, 0.2) is 0 Å². The first-order chi connectivity index (χ1) is 7.09. The van der Waals surface area contributed by atoms with E-state index in [2.05, 4.69) is 13.8 Å². The van der Waals surface area contributed by atoms with E-state index in [1.165, 1.54) is 6.42 Å². The molecule has 0 aromatic carbocycles. The topological polar surface area (TPSA) is 40.5 Å². The molecule has 0 aliphatic heterocycles. The molecule has 2 fully saturated rings. The van der Waals surface area contributed by atoms with Gasteiger partial charge in [0.15, 0.2) is 0 Å². The van der Waals surface area contributed by atoms with Crippen LogP contribution in [0.5, 0.6) is 0 Å². The monoisotopic (exact) mass is 212 g/mol. The lowest BCUT2D eigenvalue weighted by molar-refractivity contribution is -0.0467. The molecule has 0 saturated heterocycles. The average molecular weight is 212 g/mol. The molecule has 5 atom stereocenters. The molecule has 2 N–H and O–H groups in total. The van der Waals surface area contributed by atoms with E-state index < -0.39 is 12.2 Å². The highest BCUT2D eigenvalue weighted by Crippen LogP contribution is 2.40. The molecular weight excluding hydrogens is 188 g/mol. The van der Waals surface area contributed by atoms with Crippen LogP contribution in [-0.2, 0) is 0 Å². The van der Waals surface area contributed by atoms with E-state index >= 15 is 0 Å². The summed E-state index contributed by atoms with van der Waals surface area (Å²) in [5, 5.41) is 20.0. The van der Waals surface area contributed by atoms with Crippen LogP contribution in [-0.4, -0.2) is 22.4 Å². The predicted octanol–water partition coefficient (Wildman–Crippen LogP) is 2.19. The molecular formula is C13H24O2. The summed E-state index contributed by atoms with van der Waals surface area (Å²) in [4.78, 5) is 0. The van der Waals surface area contributed by atoms with Gasteiger partial charge in [-0.1, -0.05) is 20.3 Å². The van der Waals surface area contributed by atoms with Crippen molar-refractivity contribution in [1.29, 1.82) is 0 Å². The molecule has 2 aliphatic rings. The van der Waals surface area contributed by atoms with Crippen molar-refractivity contribution in [1.82, 2.24) is 0 Å². The van der Waals surface area contributed by atoms with E-state index in [0.29, 0.717) is 17.8 Å². The third kappa shape index (κ3) is 2.54. The van der Waals surface area contributed by atoms with Crippen molar-refractivity contribution < 1.29 is 10.2 Å². The summed E-state index contributed by atoms with van der Waals surface area (Å²) in [6, 6.07) is 0. The maximum absolute atomic E-state index is 10.1. The summed E-state index contributed by atoms with van der Waals surface area (Å²) in [5.74, 6) is 2.22. The van der Waals surface area contributed by atoms with E-state index in [1.54, 1.807) is 0 Å². The fourth-order valence-electron chi connectivity index (χ4n) is 2.89. The van der Waals surface area contributed by atoms with E-state index in [9.17, 15) is 10.2 Å². The van der Waals surface area contributed by atoms with Crippen molar-refractivity contribution in [3.63, 3.8) is 0 Å². The number of aliphatic hydroxyl groups is 2. The number of hydrogen-bond donors (Lipinski definition) is 2. The Hall–Kier alpha value is -0.0800. The first-order valence-corrected chi connectivity index (χ1v) is 6.45. The van der Waals surface area contributed by atoms with Gasteiger partial charge in [0, 0.05) is 0 Å². The Balaban J connectivity index is 1.87. The average Bonchev–Trinajstić information content (AvgIpc) is 3.03. The van der Waals surface area contributed by atoms with Crippen LogP contribution in [0, 0.1) is 23.7 Å². The zero-order valence-electron chi connectivity index (χ0n) is 9.89. The molecule has 5 unspecified atom stereocenters. The molecule has 0 radical (unpaired) electrons. The van der Waals surface area contributed by atoms with Crippen LogP contribution in [0.25, 0.3) is 0 Å². The van der Waals surface area contributed by atoms with Crippen molar-refractivity contribution >= 4 is 0 Å². The Kier molecular flexibility index (Phi) is 3.36. The van der Waals surface area contributed by atoms with Crippen LogP contribution in [0.4, 0.5) is 0 Å². The highest BCUT2D eigenvalue weighted by molar-refractivity contribution is 4.90. The Bertz CT molecular complexity index is 213. The fraction of sp³-hybridized carbons (Fsp3) is 1.00. The van der Waals surface area contributed by atoms with Gasteiger partial charge >= 0.3 is 0 Å². The van der Waals surface area contributed by atoms with Gasteiger partial charge in [0.2, 0.25) is 0 Å². The molecule has 0 heterocycles. The molecule has 15 heavy (non-hydrogen) atoms. The van der Waals surface area contributed by atoms with Gasteiger partial charge in [-0.2, -0.15) is 0 Å². The number of aliphatic hydroxyl groups excluding tert-OH is 2. The van der Waals surface area contributed by atoms with E-state index in [4.69, 9.17) is 0 Å². The zero-order chi connectivity index (χ0) is 11.0. The van der Waals surface area contributed by atoms with E-state index in [1.807, 2.05) is 0 Å². The lowest BCUT2D eigenvalue weighted by atomic mass is 9.73. The van der Waals surface area contributed by atoms with Crippen LogP contribution < -0.4 is 0 Å². The summed E-state index contributed by atoms with van der Waals surface area (Å²) in [6.45, 7) is 4.57. The minimum atomic E-state index is -0.465. The molecule has 2 saturated carbocycles. The van der Waals surface area contributed by atoms with E-state index in [-0.39, 0.29) is 0 Å². The van der Waals surface area contributed by atoms with Crippen molar-refractivity contribution in [2.24, 2.45) is 23.7 Å². The second kappa shape index (κ2) is 4.42. The molecule has 2 nitrogen and oxygen atoms in total. The molecule has 88 valence electrons. The normalized spacial score (nSPS) is 41.2. The Morgan fingerprint density at radius 2 is 1.33 bits per heavy atom. The zero-order valence-corrected chi connectivity index (χ0v) is 9.89. The number of hydrogen-bond acceptors (Lipinski definition) is 2. The Labute approximate surface area is 92.7 Å². The summed E-state index contributed by atoms with van der Waals surface area (Å²) in [7, 11) is 0. The molecule has 0 amide bonds. The first-order valence-electron chi connectivity index (χ1n) is 6.45. The second-order valence-corrected chi connectivity index (χ2v) is 5.85. The van der Waals surface area contributed by atoms with Gasteiger partial charge in [-0.05, 0) is 49.4 Å². The summed E-state index contributed by atoms with van der Waals surface area (Å²) in [6.07, 6.45) is 4.69. The molecule has 2 rings (SSSR count). The van der Waals surface area contributed by atoms with Gasteiger partial charge in [-0.3, -0.25) is 0 Å². The highest BCUT2D eigenvalue weighted by atomic mass is 16.3. The highest BCUT2D eigenvalue weighted by Gasteiger charge is 2.39. The van der Waals surface area contributed by atoms with Gasteiger partial charge in [0.1, 0.15) is 0 Å². The van der Waals surface area contributed by atoms with Gasteiger partial charge in [-0.25, -0.2) is 0 Å². The van der Waals surface area contributed by atoms with Crippen molar-refractivity contribution in [3.05, 3.63) is 0 Å². The van der Waals surface area contributed by atoms with Crippen molar-refractivity contribution in [3.8, 4) is 0 Å². The lowest BCUT2D eigenvalue weighted by Crippen LogP contribution is -2.38. The molecule has 0 aromatic rings. The van der Waals surface area contributed by atoms with Crippen LogP contribution >= 0.6 is 0 Å². The van der Waals surface area contributed by atoms with Gasteiger partial charge < -0.3 is 10.2 Å². The first kappa shape index (κ1) is 11.4. The molecule has 2 aliphatic carbocycles. The van der Waals surface area contributed by atoms with Crippen LogP contribution in [0.2, 0.25) is 0 Å². The molecule has 0 spiro atoms. The van der Waals surface area contributed by atoms with Crippen molar-refractivity contribution in [2.45, 2.75) is 58.2 Å². The summed E-state index contributed by atoms with van der Waals surface area (Å²) >= 11 is 0. The SMILES string of the molecule is CC1CCC(C(O)C(O)C2CC2)CC1C. The smallest absolute Gasteiger partial charge is 0.0830 e. The molecule has 0 aromatic heterocycles. The summed E-state index contributed by atoms with van der Waals surface area (Å²) < 4.78 is 0. The van der Waals surface area contributed by atoms with Gasteiger partial charge in [0.05, 0.1) is 12.2 Å². The third-order valence-corrected chi connectivity index (χ3v) is 4.58. The minimum Gasteiger partial charge on any atom is -0.390 e. The standard InChI is InChI=1S/C13H24O2/c1-8-3-4-11(7-9(8)2)13(15)12(14)10-5-6-10/h8-15H,3-7H2,1-2H3. The lowest BCUT2D eigenvalue weighted by Gasteiger charge is -2.36. The molecule has 2 heteroatoms. The van der Waals surface area contributed by atoms with E-state index in [0.717, 1.165) is 31.6 Å². The second-order valence-electron chi connectivity index (χ2n) is 5.85. The maximum atomic E-state index is 10.1. The van der Waals surface area contributed by atoms with Gasteiger partial charge in [-0.15, -0.1) is 0 Å². The fourth-order valence-corrected chi connectivity index (χ4v) is 2.89. The van der Waals surface area contributed by atoms with Gasteiger partial charge in [0.25, 0.3) is 0 Å². The summed E-state index contributed by atoms with van der Waals surface area (Å²) in [5.41, 5.74) is 0. The van der Waals surface area contributed by atoms with Crippen LogP contribution in [0.1, 0.15) is 46.0 Å². The quantitative estimate of drug-likeness (QED) is 0.753.